The van der Waals surface area contributed by atoms with Crippen LogP contribution >= 0.6 is 0 Å². The third-order valence-electron chi connectivity index (χ3n) is 2.20. The standard InChI is InChI=1S/C9H13N3O5S/c1-2-7(13)5-11-18(16,17)8-3-4-9(10-6-8)12(14)15/h3-4,6-7,11,13H,2,5H2,1H3. The summed E-state index contributed by atoms with van der Waals surface area (Å²) in [5.74, 6) is -0.428. The van der Waals surface area contributed by atoms with Crippen molar-refractivity contribution in [1.82, 2.24) is 9.71 Å². The van der Waals surface area contributed by atoms with Crippen molar-refractivity contribution < 1.29 is 18.4 Å². The number of nitro groups is 1. The molecule has 0 aromatic carbocycles. The summed E-state index contributed by atoms with van der Waals surface area (Å²) in [7, 11) is -3.80. The Morgan fingerprint density at radius 2 is 2.22 bits per heavy atom. The maximum atomic E-state index is 11.7. The van der Waals surface area contributed by atoms with Gasteiger partial charge in [0.25, 0.3) is 0 Å². The van der Waals surface area contributed by atoms with Crippen molar-refractivity contribution in [3.63, 3.8) is 0 Å². The van der Waals surface area contributed by atoms with Gasteiger partial charge in [0.15, 0.2) is 6.20 Å². The number of hydrogen-bond acceptors (Lipinski definition) is 6. The van der Waals surface area contributed by atoms with E-state index in [1.54, 1.807) is 6.92 Å². The predicted octanol–water partition coefficient (Wildman–Crippen LogP) is 0.0390. The number of pyridine rings is 1. The lowest BCUT2D eigenvalue weighted by atomic mass is 10.3. The summed E-state index contributed by atoms with van der Waals surface area (Å²) in [6.45, 7) is 1.60. The number of aliphatic hydroxyl groups is 1. The number of aliphatic hydroxyl groups excluding tert-OH is 1. The molecule has 8 nitrogen and oxygen atoms in total. The molecule has 2 N–H and O–H groups in total. The second-order valence-electron chi connectivity index (χ2n) is 3.52. The van der Waals surface area contributed by atoms with Crippen LogP contribution in [0.4, 0.5) is 5.82 Å². The predicted molar refractivity (Wildman–Crippen MR) is 62.4 cm³/mol. The third kappa shape index (κ3) is 3.72. The molecule has 0 fully saturated rings. The molecule has 1 aromatic rings. The van der Waals surface area contributed by atoms with E-state index in [0.29, 0.717) is 6.42 Å². The summed E-state index contributed by atoms with van der Waals surface area (Å²) in [6, 6.07) is 2.09. The van der Waals surface area contributed by atoms with Crippen LogP contribution in [0.5, 0.6) is 0 Å². The van der Waals surface area contributed by atoms with E-state index in [0.717, 1.165) is 18.3 Å². The van der Waals surface area contributed by atoms with Gasteiger partial charge in [-0.15, -0.1) is 0 Å². The average molecular weight is 275 g/mol. The molecule has 1 heterocycles. The van der Waals surface area contributed by atoms with Crippen molar-refractivity contribution in [3.8, 4) is 0 Å². The first-order chi connectivity index (χ1) is 8.36. The molecular formula is C9H13N3O5S. The van der Waals surface area contributed by atoms with Gasteiger partial charge < -0.3 is 15.2 Å². The summed E-state index contributed by atoms with van der Waals surface area (Å²) < 4.78 is 25.6. The van der Waals surface area contributed by atoms with Gasteiger partial charge >= 0.3 is 5.82 Å². The summed E-state index contributed by atoms with van der Waals surface area (Å²) in [5.41, 5.74) is 0. The lowest BCUT2D eigenvalue weighted by Crippen LogP contribution is -2.31. The van der Waals surface area contributed by atoms with Crippen LogP contribution in [-0.4, -0.2) is 36.1 Å². The van der Waals surface area contributed by atoms with Gasteiger partial charge in [-0.1, -0.05) is 6.92 Å². The number of hydrogen-bond donors (Lipinski definition) is 2. The number of aromatic nitrogens is 1. The van der Waals surface area contributed by atoms with Gasteiger partial charge in [0.05, 0.1) is 6.10 Å². The lowest BCUT2D eigenvalue weighted by molar-refractivity contribution is -0.389. The van der Waals surface area contributed by atoms with Crippen molar-refractivity contribution in [2.24, 2.45) is 0 Å². The number of nitrogens with zero attached hydrogens (tertiary/aromatic N) is 2. The van der Waals surface area contributed by atoms with Crippen LogP contribution < -0.4 is 4.72 Å². The first-order valence-electron chi connectivity index (χ1n) is 5.15. The molecular weight excluding hydrogens is 262 g/mol. The highest BCUT2D eigenvalue weighted by atomic mass is 32.2. The Morgan fingerprint density at radius 1 is 1.56 bits per heavy atom. The van der Waals surface area contributed by atoms with Crippen LogP contribution in [0.15, 0.2) is 23.2 Å². The summed E-state index contributed by atoms with van der Waals surface area (Å²) in [6.07, 6.45) is 0.547. The maximum absolute atomic E-state index is 11.7. The van der Waals surface area contributed by atoms with E-state index in [1.807, 2.05) is 0 Å². The molecule has 0 bridgehead atoms. The summed E-state index contributed by atoms with van der Waals surface area (Å²) in [5, 5.41) is 19.6. The molecule has 1 unspecified atom stereocenters. The fraction of sp³-hybridized carbons (Fsp3) is 0.444. The average Bonchev–Trinajstić information content (AvgIpc) is 2.36. The highest BCUT2D eigenvalue weighted by molar-refractivity contribution is 7.89. The smallest absolute Gasteiger partial charge is 0.363 e. The molecule has 1 atom stereocenters. The van der Waals surface area contributed by atoms with Gasteiger partial charge in [-0.25, -0.2) is 13.1 Å². The maximum Gasteiger partial charge on any atom is 0.363 e. The molecule has 18 heavy (non-hydrogen) atoms. The molecule has 1 aromatic heterocycles. The van der Waals surface area contributed by atoms with E-state index in [1.165, 1.54) is 0 Å². The molecule has 9 heteroatoms. The van der Waals surface area contributed by atoms with E-state index >= 15 is 0 Å². The highest BCUT2D eigenvalue weighted by Crippen LogP contribution is 2.11. The molecule has 0 spiro atoms. The Kier molecular flexibility index (Phi) is 4.70. The number of rotatable bonds is 6. The molecule has 0 aliphatic carbocycles. The van der Waals surface area contributed by atoms with E-state index < -0.39 is 26.9 Å². The molecule has 0 saturated heterocycles. The minimum Gasteiger partial charge on any atom is -0.392 e. The van der Waals surface area contributed by atoms with Crippen LogP contribution in [0.1, 0.15) is 13.3 Å². The van der Waals surface area contributed by atoms with Gasteiger partial charge in [-0.05, 0) is 22.4 Å². The lowest BCUT2D eigenvalue weighted by Gasteiger charge is -2.09. The third-order valence-corrected chi connectivity index (χ3v) is 3.61. The molecule has 0 aliphatic rings. The van der Waals surface area contributed by atoms with Gasteiger partial charge in [0, 0.05) is 12.6 Å². The topological polar surface area (TPSA) is 122 Å². The van der Waals surface area contributed by atoms with Crippen LogP contribution in [0.3, 0.4) is 0 Å². The summed E-state index contributed by atoms with van der Waals surface area (Å²) in [4.78, 5) is 12.9. The monoisotopic (exact) mass is 275 g/mol. The molecule has 0 amide bonds. The quantitative estimate of drug-likeness (QED) is 0.558. The van der Waals surface area contributed by atoms with Crippen LogP contribution in [0.2, 0.25) is 0 Å². The molecule has 1 rings (SSSR count). The van der Waals surface area contributed by atoms with E-state index in [2.05, 4.69) is 9.71 Å². The zero-order valence-electron chi connectivity index (χ0n) is 9.61. The minimum atomic E-state index is -3.80. The molecule has 0 saturated carbocycles. The zero-order valence-corrected chi connectivity index (χ0v) is 10.4. The van der Waals surface area contributed by atoms with E-state index in [4.69, 9.17) is 0 Å². The SMILES string of the molecule is CCC(O)CNS(=O)(=O)c1ccc([N+](=O)[O-])nc1. The van der Waals surface area contributed by atoms with Crippen molar-refractivity contribution in [3.05, 3.63) is 28.4 Å². The first-order valence-corrected chi connectivity index (χ1v) is 6.63. The highest BCUT2D eigenvalue weighted by Gasteiger charge is 2.18. The van der Waals surface area contributed by atoms with Crippen molar-refractivity contribution in [2.75, 3.05) is 6.54 Å². The molecule has 0 radical (unpaired) electrons. The van der Waals surface area contributed by atoms with Gasteiger partial charge in [-0.3, -0.25) is 0 Å². The first kappa shape index (κ1) is 14.5. The molecule has 0 aliphatic heterocycles. The minimum absolute atomic E-state index is 0.115. The van der Waals surface area contributed by atoms with Crippen molar-refractivity contribution in [2.45, 2.75) is 24.3 Å². The van der Waals surface area contributed by atoms with Gasteiger partial charge in [-0.2, -0.15) is 0 Å². The van der Waals surface area contributed by atoms with Gasteiger partial charge in [0.1, 0.15) is 4.90 Å². The van der Waals surface area contributed by atoms with Crippen LogP contribution in [-0.2, 0) is 10.0 Å². The van der Waals surface area contributed by atoms with Gasteiger partial charge in [0.2, 0.25) is 10.0 Å². The second-order valence-corrected chi connectivity index (χ2v) is 5.29. The van der Waals surface area contributed by atoms with Crippen LogP contribution in [0, 0.1) is 10.1 Å². The summed E-state index contributed by atoms with van der Waals surface area (Å²) >= 11 is 0. The van der Waals surface area contributed by atoms with Crippen LogP contribution in [0.25, 0.3) is 0 Å². The Hall–Kier alpha value is -1.58. The largest absolute Gasteiger partial charge is 0.392 e. The number of nitrogens with one attached hydrogen (secondary N) is 1. The fourth-order valence-electron chi connectivity index (χ4n) is 1.07. The fourth-order valence-corrected chi connectivity index (χ4v) is 2.09. The normalized spacial score (nSPS) is 13.2. The second kappa shape index (κ2) is 5.85. The Bertz CT molecular complexity index is 514. The Labute approximate surface area is 104 Å². The number of sulfonamides is 1. The van der Waals surface area contributed by atoms with Crippen molar-refractivity contribution in [1.29, 1.82) is 0 Å². The molecule has 100 valence electrons. The van der Waals surface area contributed by atoms with E-state index in [9.17, 15) is 23.6 Å². The Balaban J connectivity index is 2.82. The zero-order chi connectivity index (χ0) is 13.8. The van der Waals surface area contributed by atoms with Crippen molar-refractivity contribution >= 4 is 15.8 Å². The van der Waals surface area contributed by atoms with E-state index in [-0.39, 0.29) is 11.4 Å². The Morgan fingerprint density at radius 3 is 2.67 bits per heavy atom.